The van der Waals surface area contributed by atoms with Crippen molar-refractivity contribution in [1.82, 2.24) is 5.32 Å². The van der Waals surface area contributed by atoms with Gasteiger partial charge in [-0.2, -0.15) is 0 Å². The first-order valence-corrected chi connectivity index (χ1v) is 7.32. The average Bonchev–Trinajstić information content (AvgIpc) is 2.38. The van der Waals surface area contributed by atoms with Crippen molar-refractivity contribution >= 4 is 17.3 Å². The Morgan fingerprint density at radius 2 is 2.06 bits per heavy atom. The first kappa shape index (κ1) is 13.7. The van der Waals surface area contributed by atoms with Crippen LogP contribution in [0.15, 0.2) is 18.2 Å². The van der Waals surface area contributed by atoms with Crippen LogP contribution >= 0.6 is 11.6 Å². The summed E-state index contributed by atoms with van der Waals surface area (Å²) in [6.45, 7) is 8.60. The summed E-state index contributed by atoms with van der Waals surface area (Å²) < 4.78 is 0. The van der Waals surface area contributed by atoms with E-state index in [2.05, 4.69) is 42.3 Å². The van der Waals surface area contributed by atoms with Crippen molar-refractivity contribution < 1.29 is 0 Å². The van der Waals surface area contributed by atoms with Crippen LogP contribution in [-0.2, 0) is 6.54 Å². The summed E-state index contributed by atoms with van der Waals surface area (Å²) in [5.74, 6) is 0.855. The smallest absolute Gasteiger partial charge is 0.0642 e. The van der Waals surface area contributed by atoms with Crippen molar-refractivity contribution in [3.05, 3.63) is 28.8 Å². The van der Waals surface area contributed by atoms with E-state index >= 15 is 0 Å². The average molecular weight is 267 g/mol. The monoisotopic (exact) mass is 266 g/mol. The largest absolute Gasteiger partial charge is 0.370 e. The molecule has 0 unspecified atom stereocenters. The summed E-state index contributed by atoms with van der Waals surface area (Å²) >= 11 is 6.41. The predicted octanol–water partition coefficient (Wildman–Crippen LogP) is 3.69. The summed E-state index contributed by atoms with van der Waals surface area (Å²) in [6, 6.07) is 6.45. The Hall–Kier alpha value is -0.730. The number of nitrogens with zero attached hydrogens (tertiary/aromatic N) is 1. The zero-order valence-corrected chi connectivity index (χ0v) is 12.1. The molecule has 1 aliphatic heterocycles. The fourth-order valence-electron chi connectivity index (χ4n) is 2.44. The highest BCUT2D eigenvalue weighted by Crippen LogP contribution is 2.30. The zero-order chi connectivity index (χ0) is 13.0. The van der Waals surface area contributed by atoms with Crippen molar-refractivity contribution in [3.8, 4) is 0 Å². The minimum Gasteiger partial charge on any atom is -0.370 e. The molecule has 0 amide bonds. The normalized spacial score (nSPS) is 17.2. The molecule has 1 heterocycles. The quantitative estimate of drug-likeness (QED) is 0.894. The molecule has 1 N–H and O–H groups in total. The van der Waals surface area contributed by atoms with E-state index in [0.29, 0.717) is 0 Å². The first-order chi connectivity index (χ1) is 8.70. The van der Waals surface area contributed by atoms with Crippen molar-refractivity contribution in [2.24, 2.45) is 5.92 Å². The molecule has 1 aromatic rings. The minimum atomic E-state index is 0.855. The van der Waals surface area contributed by atoms with E-state index < -0.39 is 0 Å². The molecule has 2 nitrogen and oxygen atoms in total. The lowest BCUT2D eigenvalue weighted by Gasteiger charge is -2.32. The molecule has 0 atom stereocenters. The van der Waals surface area contributed by atoms with Gasteiger partial charge in [0.25, 0.3) is 0 Å². The maximum Gasteiger partial charge on any atom is 0.0642 e. The molecule has 0 aromatic heterocycles. The molecule has 0 saturated carbocycles. The van der Waals surface area contributed by atoms with Gasteiger partial charge in [-0.1, -0.05) is 31.5 Å². The Morgan fingerprint density at radius 1 is 1.33 bits per heavy atom. The Labute approximate surface area is 115 Å². The standard InChI is InChI=1S/C15H23ClN2/c1-3-17-11-13-4-5-15(14(16)10-13)18-8-6-12(2)7-9-18/h4-5,10,12,17H,3,6-9,11H2,1-2H3. The van der Waals surface area contributed by atoms with Gasteiger partial charge < -0.3 is 10.2 Å². The van der Waals surface area contributed by atoms with E-state index in [9.17, 15) is 0 Å². The van der Waals surface area contributed by atoms with Crippen LogP contribution in [0.1, 0.15) is 32.3 Å². The summed E-state index contributed by atoms with van der Waals surface area (Å²) in [5.41, 5.74) is 2.46. The second kappa shape index (κ2) is 6.44. The fourth-order valence-corrected chi connectivity index (χ4v) is 2.76. The summed E-state index contributed by atoms with van der Waals surface area (Å²) in [5, 5.41) is 4.21. The van der Waals surface area contributed by atoms with Crippen LogP contribution in [0.25, 0.3) is 0 Å². The molecule has 1 aromatic carbocycles. The Bertz CT molecular complexity index is 384. The molecule has 0 radical (unpaired) electrons. The SMILES string of the molecule is CCNCc1ccc(N2CCC(C)CC2)c(Cl)c1. The van der Waals surface area contributed by atoms with Crippen LogP contribution in [0, 0.1) is 5.92 Å². The Kier molecular flexibility index (Phi) is 4.90. The molecule has 2 rings (SSSR count). The third-order valence-corrected chi connectivity index (χ3v) is 4.02. The molecule has 1 saturated heterocycles. The number of hydrogen-bond acceptors (Lipinski definition) is 2. The minimum absolute atomic E-state index is 0.855. The molecule has 100 valence electrons. The number of halogens is 1. The molecule has 0 aliphatic carbocycles. The van der Waals surface area contributed by atoms with Gasteiger partial charge in [0.1, 0.15) is 0 Å². The topological polar surface area (TPSA) is 15.3 Å². The molecule has 1 fully saturated rings. The van der Waals surface area contributed by atoms with Gasteiger partial charge in [0, 0.05) is 19.6 Å². The molecule has 3 heteroatoms. The predicted molar refractivity (Wildman–Crippen MR) is 79.4 cm³/mol. The van der Waals surface area contributed by atoms with Gasteiger partial charge in [-0.15, -0.1) is 0 Å². The van der Waals surface area contributed by atoms with Gasteiger partial charge in [-0.05, 0) is 43.0 Å². The zero-order valence-electron chi connectivity index (χ0n) is 11.4. The lowest BCUT2D eigenvalue weighted by Crippen LogP contribution is -2.32. The molecular formula is C15H23ClN2. The summed E-state index contributed by atoms with van der Waals surface area (Å²) in [4.78, 5) is 2.42. The number of anilines is 1. The van der Waals surface area contributed by atoms with E-state index in [-0.39, 0.29) is 0 Å². The third-order valence-electron chi connectivity index (χ3n) is 3.72. The highest BCUT2D eigenvalue weighted by atomic mass is 35.5. The van der Waals surface area contributed by atoms with E-state index in [1.165, 1.54) is 24.1 Å². The van der Waals surface area contributed by atoms with Gasteiger partial charge in [-0.25, -0.2) is 0 Å². The maximum atomic E-state index is 6.41. The van der Waals surface area contributed by atoms with Crippen LogP contribution in [-0.4, -0.2) is 19.6 Å². The van der Waals surface area contributed by atoms with Crippen LogP contribution in [0.4, 0.5) is 5.69 Å². The Balaban J connectivity index is 2.05. The van der Waals surface area contributed by atoms with Crippen molar-refractivity contribution in [3.63, 3.8) is 0 Å². The number of piperidine rings is 1. The Morgan fingerprint density at radius 3 is 2.67 bits per heavy atom. The number of hydrogen-bond donors (Lipinski definition) is 1. The molecule has 0 bridgehead atoms. The van der Waals surface area contributed by atoms with Crippen molar-refractivity contribution in [2.45, 2.75) is 33.2 Å². The van der Waals surface area contributed by atoms with E-state index in [1.54, 1.807) is 0 Å². The highest BCUT2D eigenvalue weighted by Gasteiger charge is 2.17. The van der Waals surface area contributed by atoms with Gasteiger partial charge in [0.2, 0.25) is 0 Å². The molecule has 0 spiro atoms. The third kappa shape index (κ3) is 3.39. The van der Waals surface area contributed by atoms with Gasteiger partial charge >= 0.3 is 0 Å². The van der Waals surface area contributed by atoms with Crippen LogP contribution in [0.3, 0.4) is 0 Å². The van der Waals surface area contributed by atoms with Crippen molar-refractivity contribution in [1.29, 1.82) is 0 Å². The second-order valence-corrected chi connectivity index (χ2v) is 5.64. The van der Waals surface area contributed by atoms with E-state index in [4.69, 9.17) is 11.6 Å². The lowest BCUT2D eigenvalue weighted by atomic mass is 9.98. The number of nitrogens with one attached hydrogen (secondary N) is 1. The van der Waals surface area contributed by atoms with E-state index in [0.717, 1.165) is 37.1 Å². The van der Waals surface area contributed by atoms with Crippen LogP contribution in [0.5, 0.6) is 0 Å². The number of rotatable bonds is 4. The second-order valence-electron chi connectivity index (χ2n) is 5.24. The molecular weight excluding hydrogens is 244 g/mol. The van der Waals surface area contributed by atoms with Gasteiger partial charge in [0.15, 0.2) is 0 Å². The highest BCUT2D eigenvalue weighted by molar-refractivity contribution is 6.33. The first-order valence-electron chi connectivity index (χ1n) is 6.94. The van der Waals surface area contributed by atoms with Crippen LogP contribution in [0.2, 0.25) is 5.02 Å². The van der Waals surface area contributed by atoms with Gasteiger partial charge in [0.05, 0.1) is 10.7 Å². The summed E-state index contributed by atoms with van der Waals surface area (Å²) in [7, 11) is 0. The molecule has 18 heavy (non-hydrogen) atoms. The van der Waals surface area contributed by atoms with Gasteiger partial charge in [-0.3, -0.25) is 0 Å². The van der Waals surface area contributed by atoms with Crippen molar-refractivity contribution in [2.75, 3.05) is 24.5 Å². The maximum absolute atomic E-state index is 6.41. The fraction of sp³-hybridized carbons (Fsp3) is 0.600. The summed E-state index contributed by atoms with van der Waals surface area (Å²) in [6.07, 6.45) is 2.55. The molecule has 1 aliphatic rings. The lowest BCUT2D eigenvalue weighted by molar-refractivity contribution is 0.438. The van der Waals surface area contributed by atoms with E-state index in [1.807, 2.05) is 0 Å². The number of benzene rings is 1. The van der Waals surface area contributed by atoms with Crippen LogP contribution < -0.4 is 10.2 Å².